The van der Waals surface area contributed by atoms with E-state index < -0.39 is 0 Å². The third-order valence-electron chi connectivity index (χ3n) is 4.39. The summed E-state index contributed by atoms with van der Waals surface area (Å²) in [6.45, 7) is 7.35. The number of nitriles is 1. The van der Waals surface area contributed by atoms with Crippen molar-refractivity contribution < 1.29 is 9.18 Å². The van der Waals surface area contributed by atoms with Crippen molar-refractivity contribution >= 4 is 12.0 Å². The van der Waals surface area contributed by atoms with E-state index in [0.29, 0.717) is 6.54 Å². The van der Waals surface area contributed by atoms with Crippen LogP contribution < -0.4 is 0 Å². The van der Waals surface area contributed by atoms with Crippen molar-refractivity contribution in [3.05, 3.63) is 64.2 Å². The van der Waals surface area contributed by atoms with Crippen LogP contribution in [0.1, 0.15) is 35.9 Å². The van der Waals surface area contributed by atoms with Crippen molar-refractivity contribution in [2.75, 3.05) is 7.05 Å². The van der Waals surface area contributed by atoms with Crippen LogP contribution in [-0.2, 0) is 17.9 Å². The lowest BCUT2D eigenvalue weighted by Gasteiger charge is -2.16. The number of aromatic nitrogens is 1. The fourth-order valence-corrected chi connectivity index (χ4v) is 2.98. The lowest BCUT2D eigenvalue weighted by molar-refractivity contribution is -0.125. The van der Waals surface area contributed by atoms with Gasteiger partial charge in [0.2, 0.25) is 0 Å². The quantitative estimate of drug-likeness (QED) is 0.577. The van der Waals surface area contributed by atoms with Crippen LogP contribution in [0.5, 0.6) is 0 Å². The molecule has 0 radical (unpaired) electrons. The highest BCUT2D eigenvalue weighted by Gasteiger charge is 2.16. The van der Waals surface area contributed by atoms with Gasteiger partial charge in [-0.3, -0.25) is 4.79 Å². The van der Waals surface area contributed by atoms with Gasteiger partial charge >= 0.3 is 0 Å². The highest BCUT2D eigenvalue weighted by molar-refractivity contribution is 6.01. The molecule has 0 saturated heterocycles. The van der Waals surface area contributed by atoms with Crippen molar-refractivity contribution in [2.45, 2.75) is 40.3 Å². The molecule has 1 aromatic heterocycles. The summed E-state index contributed by atoms with van der Waals surface area (Å²) in [4.78, 5) is 14.1. The number of benzene rings is 1. The summed E-state index contributed by atoms with van der Waals surface area (Å²) in [5.41, 5.74) is 3.94. The zero-order valence-electron chi connectivity index (χ0n) is 15.7. The molecule has 0 bridgehead atoms. The molecule has 1 amide bonds. The summed E-state index contributed by atoms with van der Waals surface area (Å²) in [5, 5.41) is 9.46. The maximum Gasteiger partial charge on any atom is 0.264 e. The van der Waals surface area contributed by atoms with E-state index in [-0.39, 0.29) is 17.3 Å². The molecule has 0 N–H and O–H groups in total. The molecule has 2 rings (SSSR count). The molecule has 1 aromatic carbocycles. The number of nitrogens with zero attached hydrogens (tertiary/aromatic N) is 3. The average Bonchev–Trinajstić information content (AvgIpc) is 2.88. The second-order valence-electron chi connectivity index (χ2n) is 6.44. The summed E-state index contributed by atoms with van der Waals surface area (Å²) in [7, 11) is 1.64. The summed E-state index contributed by atoms with van der Waals surface area (Å²) < 4.78 is 15.2. The Morgan fingerprint density at radius 1 is 1.31 bits per heavy atom. The molecule has 0 saturated carbocycles. The van der Waals surface area contributed by atoms with Gasteiger partial charge in [0, 0.05) is 31.5 Å². The molecule has 5 heteroatoms. The normalized spacial score (nSPS) is 11.3. The van der Waals surface area contributed by atoms with Gasteiger partial charge in [-0.15, -0.1) is 0 Å². The molecule has 4 nitrogen and oxygen atoms in total. The van der Waals surface area contributed by atoms with Crippen molar-refractivity contribution in [3.8, 4) is 6.07 Å². The number of halogens is 1. The van der Waals surface area contributed by atoms with Crippen LogP contribution in [0.2, 0.25) is 0 Å². The number of hydrogen-bond acceptors (Lipinski definition) is 2. The Balaban J connectivity index is 2.22. The molecule has 0 aliphatic carbocycles. The molecule has 0 aliphatic heterocycles. The second-order valence-corrected chi connectivity index (χ2v) is 6.44. The smallest absolute Gasteiger partial charge is 0.264 e. The molecule has 26 heavy (non-hydrogen) atoms. The Morgan fingerprint density at radius 3 is 2.54 bits per heavy atom. The number of carbonyl (C=O) groups excluding carboxylic acids is 1. The first-order valence-electron chi connectivity index (χ1n) is 8.65. The van der Waals surface area contributed by atoms with Crippen LogP contribution in [-0.4, -0.2) is 22.4 Å². The zero-order valence-corrected chi connectivity index (χ0v) is 15.7. The van der Waals surface area contributed by atoms with Gasteiger partial charge < -0.3 is 9.47 Å². The molecular formula is C21H24FN3O. The van der Waals surface area contributed by atoms with E-state index in [2.05, 4.69) is 11.5 Å². The number of carbonyl (C=O) groups is 1. The fraction of sp³-hybridized carbons (Fsp3) is 0.333. The highest BCUT2D eigenvalue weighted by Crippen LogP contribution is 2.19. The number of amides is 1. The minimum atomic E-state index is -0.350. The lowest BCUT2D eigenvalue weighted by atomic mass is 10.1. The van der Waals surface area contributed by atoms with Crippen molar-refractivity contribution in [1.29, 1.82) is 5.26 Å². The average molecular weight is 353 g/mol. The van der Waals surface area contributed by atoms with Crippen LogP contribution in [0.15, 0.2) is 35.9 Å². The molecule has 0 fully saturated rings. The maximum atomic E-state index is 13.0. The van der Waals surface area contributed by atoms with E-state index in [1.54, 1.807) is 25.3 Å². The summed E-state index contributed by atoms with van der Waals surface area (Å²) in [6, 6.07) is 9.99. The van der Waals surface area contributed by atoms with E-state index in [1.807, 2.05) is 26.0 Å². The van der Waals surface area contributed by atoms with E-state index in [1.165, 1.54) is 17.0 Å². The van der Waals surface area contributed by atoms with Gasteiger partial charge in [0.1, 0.15) is 17.5 Å². The zero-order chi connectivity index (χ0) is 19.3. The summed E-state index contributed by atoms with van der Waals surface area (Å²) in [5.74, 6) is -0.667. The highest BCUT2D eigenvalue weighted by atomic mass is 19.1. The molecular weight excluding hydrogens is 329 g/mol. The van der Waals surface area contributed by atoms with Gasteiger partial charge in [-0.2, -0.15) is 5.26 Å². The van der Waals surface area contributed by atoms with Crippen molar-refractivity contribution in [3.63, 3.8) is 0 Å². The first-order valence-corrected chi connectivity index (χ1v) is 8.65. The van der Waals surface area contributed by atoms with E-state index in [9.17, 15) is 14.4 Å². The van der Waals surface area contributed by atoms with Crippen molar-refractivity contribution in [2.24, 2.45) is 0 Å². The maximum absolute atomic E-state index is 13.0. The van der Waals surface area contributed by atoms with Crippen LogP contribution in [0.3, 0.4) is 0 Å². The third-order valence-corrected chi connectivity index (χ3v) is 4.39. The van der Waals surface area contributed by atoms with Gasteiger partial charge in [-0.25, -0.2) is 4.39 Å². The van der Waals surface area contributed by atoms with Gasteiger partial charge in [0.25, 0.3) is 5.91 Å². The van der Waals surface area contributed by atoms with Gasteiger partial charge in [0.05, 0.1) is 0 Å². The molecule has 2 aromatic rings. The Kier molecular flexibility index (Phi) is 6.35. The second kappa shape index (κ2) is 8.48. The number of rotatable bonds is 6. The summed E-state index contributed by atoms with van der Waals surface area (Å²) in [6.07, 6.45) is 2.67. The van der Waals surface area contributed by atoms with Gasteiger partial charge in [0.15, 0.2) is 0 Å². The predicted molar refractivity (Wildman–Crippen MR) is 101 cm³/mol. The fourth-order valence-electron chi connectivity index (χ4n) is 2.98. The minimum absolute atomic E-state index is 0.0892. The Bertz CT molecular complexity index is 857. The van der Waals surface area contributed by atoms with Crippen LogP contribution in [0.4, 0.5) is 4.39 Å². The summed E-state index contributed by atoms with van der Waals surface area (Å²) >= 11 is 0. The lowest BCUT2D eigenvalue weighted by Crippen LogP contribution is -2.27. The number of aryl methyl sites for hydroxylation is 1. The molecule has 0 aliphatic rings. The number of likely N-dealkylation sites (N-methyl/N-ethyl adjacent to an activating group) is 1. The van der Waals surface area contributed by atoms with Gasteiger partial charge in [-0.05, 0) is 55.7 Å². The van der Waals surface area contributed by atoms with Crippen LogP contribution >= 0.6 is 0 Å². The van der Waals surface area contributed by atoms with E-state index in [4.69, 9.17) is 0 Å². The molecule has 1 heterocycles. The molecule has 0 unspecified atom stereocenters. The van der Waals surface area contributed by atoms with Gasteiger partial charge in [-0.1, -0.05) is 19.1 Å². The predicted octanol–water partition coefficient (Wildman–Crippen LogP) is 4.22. The molecule has 136 valence electrons. The Labute approximate surface area is 154 Å². The first-order chi connectivity index (χ1) is 12.4. The largest absolute Gasteiger partial charge is 0.349 e. The Morgan fingerprint density at radius 2 is 1.96 bits per heavy atom. The number of hydrogen-bond donors (Lipinski definition) is 0. The monoisotopic (exact) mass is 353 g/mol. The topological polar surface area (TPSA) is 49.0 Å². The molecule has 0 atom stereocenters. The van der Waals surface area contributed by atoms with E-state index in [0.717, 1.165) is 35.5 Å². The standard InChI is InChI=1S/C21H24FN3O/c1-5-10-25-15(2)11-18(16(25)3)12-19(13-23)21(26)24(4)14-17-6-8-20(22)9-7-17/h6-9,11-12H,5,10,14H2,1-4H3/b19-12-. The van der Waals surface area contributed by atoms with E-state index >= 15 is 0 Å². The van der Waals surface area contributed by atoms with Crippen LogP contribution in [0.25, 0.3) is 6.08 Å². The van der Waals surface area contributed by atoms with Crippen LogP contribution in [0, 0.1) is 31.0 Å². The minimum Gasteiger partial charge on any atom is -0.349 e. The first kappa shape index (κ1) is 19.5. The molecule has 0 spiro atoms. The SMILES string of the molecule is CCCn1c(C)cc(/C=C(/C#N)C(=O)N(C)Cc2ccc(F)cc2)c1C. The third kappa shape index (κ3) is 4.40. The Hall–Kier alpha value is -2.87. The van der Waals surface area contributed by atoms with Crippen molar-refractivity contribution in [1.82, 2.24) is 9.47 Å².